The van der Waals surface area contributed by atoms with Crippen LogP contribution in [0.2, 0.25) is 18.1 Å². The number of carboxylic acids is 1. The fourth-order valence-corrected chi connectivity index (χ4v) is 2.18. The van der Waals surface area contributed by atoms with E-state index in [9.17, 15) is 4.79 Å². The van der Waals surface area contributed by atoms with Gasteiger partial charge in [0.2, 0.25) is 0 Å². The van der Waals surface area contributed by atoms with Gasteiger partial charge in [-0.2, -0.15) is 0 Å². The summed E-state index contributed by atoms with van der Waals surface area (Å²) >= 11 is 0. The molecule has 0 unspecified atom stereocenters. The number of unbranched alkanes of at least 4 members (excludes halogenated alkanes) is 2. The van der Waals surface area contributed by atoms with E-state index in [2.05, 4.69) is 33.9 Å². The number of hydrogen-bond acceptors (Lipinski definition) is 2. The Labute approximate surface area is 106 Å². The second kappa shape index (κ2) is 6.96. The second-order valence-electron chi connectivity index (χ2n) is 5.85. The second-order valence-corrected chi connectivity index (χ2v) is 10.7. The van der Waals surface area contributed by atoms with Gasteiger partial charge in [-0.05, 0) is 37.4 Å². The predicted molar refractivity (Wildman–Crippen MR) is 73.8 cm³/mol. The van der Waals surface area contributed by atoms with Crippen molar-refractivity contribution in [3.8, 4) is 0 Å². The van der Waals surface area contributed by atoms with Crippen LogP contribution in [-0.4, -0.2) is 26.0 Å². The molecular formula is C13H26O3Si. The first-order valence-corrected chi connectivity index (χ1v) is 9.11. The minimum absolute atomic E-state index is 0.260. The monoisotopic (exact) mass is 258 g/mol. The Morgan fingerprint density at radius 3 is 2.35 bits per heavy atom. The summed E-state index contributed by atoms with van der Waals surface area (Å²) in [6.07, 6.45) is 5.70. The molecule has 0 aliphatic heterocycles. The van der Waals surface area contributed by atoms with Gasteiger partial charge in [0.05, 0.1) is 0 Å². The van der Waals surface area contributed by atoms with Crippen LogP contribution in [0.15, 0.2) is 12.2 Å². The fraction of sp³-hybridized carbons (Fsp3) is 0.769. The lowest BCUT2D eigenvalue weighted by Gasteiger charge is -2.36. The van der Waals surface area contributed by atoms with Crippen LogP contribution in [0.1, 0.15) is 40.0 Å². The molecule has 0 aliphatic rings. The molecule has 0 aromatic rings. The first kappa shape index (κ1) is 16.4. The summed E-state index contributed by atoms with van der Waals surface area (Å²) in [5.74, 6) is -0.873. The molecule has 0 rings (SSSR count). The summed E-state index contributed by atoms with van der Waals surface area (Å²) in [4.78, 5) is 10.2. The van der Waals surface area contributed by atoms with Gasteiger partial charge in [-0.3, -0.25) is 0 Å². The van der Waals surface area contributed by atoms with Gasteiger partial charge in [0.1, 0.15) is 0 Å². The number of carboxylic acid groups (broad SMARTS) is 1. The van der Waals surface area contributed by atoms with E-state index in [1.54, 1.807) is 6.08 Å². The smallest absolute Gasteiger partial charge is 0.327 e. The normalized spacial score (nSPS) is 13.2. The van der Waals surface area contributed by atoms with Crippen molar-refractivity contribution in [2.45, 2.75) is 58.2 Å². The maximum absolute atomic E-state index is 10.2. The largest absolute Gasteiger partial charge is 0.478 e. The molecule has 0 fully saturated rings. The molecular weight excluding hydrogens is 232 g/mol. The lowest BCUT2D eigenvalue weighted by atomic mass is 10.2. The van der Waals surface area contributed by atoms with Gasteiger partial charge in [0, 0.05) is 12.7 Å². The topological polar surface area (TPSA) is 46.5 Å². The minimum Gasteiger partial charge on any atom is -0.478 e. The van der Waals surface area contributed by atoms with Gasteiger partial charge >= 0.3 is 5.97 Å². The SMILES string of the molecule is CC(C)(C)[Si](C)(C)OCCCCC=CC(=O)O. The highest BCUT2D eigenvalue weighted by molar-refractivity contribution is 6.74. The molecule has 0 spiro atoms. The van der Waals surface area contributed by atoms with Crippen LogP contribution in [0, 0.1) is 0 Å². The number of aliphatic carboxylic acids is 1. The Kier molecular flexibility index (Phi) is 6.71. The standard InChI is InChI=1S/C13H26O3Si/c1-13(2,3)17(4,5)16-11-9-7-6-8-10-12(14)15/h8,10H,6-7,9,11H2,1-5H3,(H,14,15). The van der Waals surface area contributed by atoms with E-state index in [4.69, 9.17) is 9.53 Å². The van der Waals surface area contributed by atoms with E-state index in [1.165, 1.54) is 6.08 Å². The summed E-state index contributed by atoms with van der Waals surface area (Å²) in [6.45, 7) is 12.0. The van der Waals surface area contributed by atoms with Crippen molar-refractivity contribution in [2.24, 2.45) is 0 Å². The van der Waals surface area contributed by atoms with E-state index < -0.39 is 14.3 Å². The fourth-order valence-electron chi connectivity index (χ4n) is 1.09. The van der Waals surface area contributed by atoms with Crippen LogP contribution in [-0.2, 0) is 9.22 Å². The Bertz CT molecular complexity index is 264. The van der Waals surface area contributed by atoms with Crippen molar-refractivity contribution in [3.63, 3.8) is 0 Å². The van der Waals surface area contributed by atoms with Crippen molar-refractivity contribution in [2.75, 3.05) is 6.61 Å². The van der Waals surface area contributed by atoms with Crippen molar-refractivity contribution in [1.82, 2.24) is 0 Å². The summed E-state index contributed by atoms with van der Waals surface area (Å²) in [5.41, 5.74) is 0. The zero-order valence-electron chi connectivity index (χ0n) is 11.7. The third kappa shape index (κ3) is 7.34. The van der Waals surface area contributed by atoms with Crippen molar-refractivity contribution >= 4 is 14.3 Å². The number of carbonyl (C=O) groups is 1. The molecule has 3 nitrogen and oxygen atoms in total. The lowest BCUT2D eigenvalue weighted by molar-refractivity contribution is -0.131. The Morgan fingerprint density at radius 1 is 1.29 bits per heavy atom. The molecule has 0 bridgehead atoms. The highest BCUT2D eigenvalue weighted by Gasteiger charge is 2.36. The Morgan fingerprint density at radius 2 is 1.88 bits per heavy atom. The van der Waals surface area contributed by atoms with Gasteiger partial charge in [-0.1, -0.05) is 26.8 Å². The molecule has 0 aliphatic carbocycles. The average Bonchev–Trinajstić information content (AvgIpc) is 2.13. The van der Waals surface area contributed by atoms with Gasteiger partial charge in [0.15, 0.2) is 8.32 Å². The first-order chi connectivity index (χ1) is 7.67. The molecule has 100 valence electrons. The zero-order chi connectivity index (χ0) is 13.5. The van der Waals surface area contributed by atoms with Gasteiger partial charge in [-0.25, -0.2) is 4.79 Å². The summed E-state index contributed by atoms with van der Waals surface area (Å²) in [6, 6.07) is 0. The average molecular weight is 258 g/mol. The van der Waals surface area contributed by atoms with Crippen LogP contribution >= 0.6 is 0 Å². The Hall–Kier alpha value is -0.613. The maximum Gasteiger partial charge on any atom is 0.327 e. The Balaban J connectivity index is 3.69. The van der Waals surface area contributed by atoms with E-state index in [0.717, 1.165) is 25.9 Å². The van der Waals surface area contributed by atoms with Crippen molar-refractivity contribution in [1.29, 1.82) is 0 Å². The van der Waals surface area contributed by atoms with Gasteiger partial charge in [0.25, 0.3) is 0 Å². The zero-order valence-corrected chi connectivity index (χ0v) is 12.7. The van der Waals surface area contributed by atoms with Crippen molar-refractivity contribution in [3.05, 3.63) is 12.2 Å². The van der Waals surface area contributed by atoms with Crippen LogP contribution in [0.3, 0.4) is 0 Å². The summed E-state index contributed by atoms with van der Waals surface area (Å²) in [5, 5.41) is 8.67. The number of allylic oxidation sites excluding steroid dienone is 1. The third-order valence-corrected chi connectivity index (χ3v) is 7.83. The van der Waals surface area contributed by atoms with Gasteiger partial charge < -0.3 is 9.53 Å². The molecule has 0 radical (unpaired) electrons. The highest BCUT2D eigenvalue weighted by Crippen LogP contribution is 2.36. The van der Waals surface area contributed by atoms with E-state index in [-0.39, 0.29) is 5.04 Å². The molecule has 17 heavy (non-hydrogen) atoms. The molecule has 0 amide bonds. The van der Waals surface area contributed by atoms with Crippen LogP contribution in [0.5, 0.6) is 0 Å². The van der Waals surface area contributed by atoms with E-state index in [1.807, 2.05) is 0 Å². The first-order valence-electron chi connectivity index (χ1n) is 6.20. The predicted octanol–water partition coefficient (Wildman–Crippen LogP) is 3.82. The third-order valence-electron chi connectivity index (χ3n) is 3.29. The molecule has 4 heteroatoms. The number of rotatable bonds is 7. The van der Waals surface area contributed by atoms with E-state index >= 15 is 0 Å². The highest BCUT2D eigenvalue weighted by atomic mass is 28.4. The summed E-state index contributed by atoms with van der Waals surface area (Å²) in [7, 11) is -1.60. The molecule has 0 saturated carbocycles. The molecule has 0 saturated heterocycles. The van der Waals surface area contributed by atoms with Crippen molar-refractivity contribution < 1.29 is 14.3 Å². The van der Waals surface area contributed by atoms with Gasteiger partial charge in [-0.15, -0.1) is 0 Å². The van der Waals surface area contributed by atoms with Crippen LogP contribution < -0.4 is 0 Å². The lowest BCUT2D eigenvalue weighted by Crippen LogP contribution is -2.40. The summed E-state index contributed by atoms with van der Waals surface area (Å²) < 4.78 is 6.02. The number of hydrogen-bond donors (Lipinski definition) is 1. The van der Waals surface area contributed by atoms with Crippen LogP contribution in [0.25, 0.3) is 0 Å². The molecule has 0 aromatic carbocycles. The van der Waals surface area contributed by atoms with Crippen LogP contribution in [0.4, 0.5) is 0 Å². The molecule has 0 heterocycles. The molecule has 0 atom stereocenters. The quantitative estimate of drug-likeness (QED) is 0.429. The molecule has 1 N–H and O–H groups in total. The molecule has 0 aromatic heterocycles. The maximum atomic E-state index is 10.2. The minimum atomic E-state index is -1.60. The van der Waals surface area contributed by atoms with E-state index in [0.29, 0.717) is 0 Å².